The van der Waals surface area contributed by atoms with Crippen LogP contribution >= 0.6 is 0 Å². The maximum Gasteiger partial charge on any atom is 0.256 e. The van der Waals surface area contributed by atoms with E-state index in [0.29, 0.717) is 12.1 Å². The van der Waals surface area contributed by atoms with Crippen molar-refractivity contribution in [1.29, 1.82) is 0 Å². The summed E-state index contributed by atoms with van der Waals surface area (Å²) in [5.41, 5.74) is 7.86. The molecule has 0 aliphatic carbocycles. The zero-order valence-corrected chi connectivity index (χ0v) is 7.08. The van der Waals surface area contributed by atoms with Gasteiger partial charge < -0.3 is 11.1 Å². The standard InChI is InChI=1S/C10H10N2O/c11-6-5-8-7-3-1-2-4-9(7)12-10(8)13/h1-5H,6,11H2,(H,12,13)/b8-5+. The zero-order chi connectivity index (χ0) is 9.26. The minimum atomic E-state index is -0.0633. The predicted octanol–water partition coefficient (Wildman–Crippen LogP) is 0.981. The topological polar surface area (TPSA) is 55.1 Å². The van der Waals surface area contributed by atoms with E-state index in [0.717, 1.165) is 11.3 Å². The van der Waals surface area contributed by atoms with Crippen LogP contribution in [0.4, 0.5) is 5.69 Å². The van der Waals surface area contributed by atoms with Crippen LogP contribution in [0.5, 0.6) is 0 Å². The number of carbonyl (C=O) groups excluding carboxylic acids is 1. The van der Waals surface area contributed by atoms with E-state index in [9.17, 15) is 4.79 Å². The third-order valence-electron chi connectivity index (χ3n) is 2.03. The van der Waals surface area contributed by atoms with Gasteiger partial charge in [-0.3, -0.25) is 4.79 Å². The Hall–Kier alpha value is -1.61. The quantitative estimate of drug-likeness (QED) is 0.623. The summed E-state index contributed by atoms with van der Waals surface area (Å²) < 4.78 is 0. The van der Waals surface area contributed by atoms with Gasteiger partial charge in [0.25, 0.3) is 5.91 Å². The number of nitrogens with one attached hydrogen (secondary N) is 1. The van der Waals surface area contributed by atoms with Crippen LogP contribution in [0.2, 0.25) is 0 Å². The van der Waals surface area contributed by atoms with Crippen LogP contribution in [0.15, 0.2) is 30.3 Å². The number of nitrogens with two attached hydrogens (primary N) is 1. The number of carbonyl (C=O) groups is 1. The van der Waals surface area contributed by atoms with Crippen LogP contribution in [0.3, 0.4) is 0 Å². The minimum Gasteiger partial charge on any atom is -0.327 e. The summed E-state index contributed by atoms with van der Waals surface area (Å²) in [6.45, 7) is 0.386. The summed E-state index contributed by atoms with van der Waals surface area (Å²) in [6.07, 6.45) is 1.74. The largest absolute Gasteiger partial charge is 0.327 e. The Bertz CT molecular complexity index is 382. The number of anilines is 1. The van der Waals surface area contributed by atoms with E-state index < -0.39 is 0 Å². The SMILES string of the molecule is NC/C=C1/C(=O)Nc2ccccc21. The fraction of sp³-hybridized carbons (Fsp3) is 0.100. The van der Waals surface area contributed by atoms with Crippen LogP contribution in [-0.2, 0) is 4.79 Å². The van der Waals surface area contributed by atoms with Gasteiger partial charge in [0.15, 0.2) is 0 Å². The molecule has 3 N–H and O–H groups in total. The van der Waals surface area contributed by atoms with Crippen LogP contribution in [0, 0.1) is 0 Å². The second-order valence-corrected chi connectivity index (χ2v) is 2.85. The van der Waals surface area contributed by atoms with E-state index in [2.05, 4.69) is 5.32 Å². The Morgan fingerprint density at radius 3 is 2.92 bits per heavy atom. The van der Waals surface area contributed by atoms with Gasteiger partial charge in [0, 0.05) is 23.4 Å². The van der Waals surface area contributed by atoms with Gasteiger partial charge >= 0.3 is 0 Å². The molecule has 1 aromatic rings. The van der Waals surface area contributed by atoms with Gasteiger partial charge in [-0.05, 0) is 6.07 Å². The molecule has 0 atom stereocenters. The fourth-order valence-corrected chi connectivity index (χ4v) is 1.46. The van der Waals surface area contributed by atoms with Crippen LogP contribution in [0.1, 0.15) is 5.56 Å². The average Bonchev–Trinajstić information content (AvgIpc) is 2.44. The number of hydrogen-bond acceptors (Lipinski definition) is 2. The lowest BCUT2D eigenvalue weighted by Crippen LogP contribution is -2.05. The van der Waals surface area contributed by atoms with Gasteiger partial charge in [-0.2, -0.15) is 0 Å². The number of para-hydroxylation sites is 1. The first-order chi connectivity index (χ1) is 6.33. The molecule has 1 aliphatic heterocycles. The Morgan fingerprint density at radius 1 is 1.38 bits per heavy atom. The lowest BCUT2D eigenvalue weighted by molar-refractivity contribution is -0.110. The van der Waals surface area contributed by atoms with Gasteiger partial charge in [-0.1, -0.05) is 24.3 Å². The first-order valence-corrected chi connectivity index (χ1v) is 4.14. The molecule has 66 valence electrons. The van der Waals surface area contributed by atoms with E-state index in [1.807, 2.05) is 24.3 Å². The maximum absolute atomic E-state index is 11.4. The number of amides is 1. The number of hydrogen-bond donors (Lipinski definition) is 2. The summed E-state index contributed by atoms with van der Waals surface area (Å²) in [6, 6.07) is 7.59. The van der Waals surface area contributed by atoms with Gasteiger partial charge in [-0.15, -0.1) is 0 Å². The molecule has 13 heavy (non-hydrogen) atoms. The summed E-state index contributed by atoms with van der Waals surface area (Å²) >= 11 is 0. The van der Waals surface area contributed by atoms with Crippen LogP contribution < -0.4 is 11.1 Å². The molecule has 0 aromatic heterocycles. The number of rotatable bonds is 1. The molecule has 1 heterocycles. The molecule has 0 spiro atoms. The molecule has 0 unspecified atom stereocenters. The Morgan fingerprint density at radius 2 is 2.15 bits per heavy atom. The van der Waals surface area contributed by atoms with Crippen LogP contribution in [0.25, 0.3) is 5.57 Å². The van der Waals surface area contributed by atoms with E-state index in [4.69, 9.17) is 5.73 Å². The third kappa shape index (κ3) is 1.23. The van der Waals surface area contributed by atoms with E-state index in [1.165, 1.54) is 0 Å². The Labute approximate surface area is 76.2 Å². The molecule has 2 rings (SSSR count). The molecule has 1 aliphatic rings. The first-order valence-electron chi connectivity index (χ1n) is 4.14. The van der Waals surface area contributed by atoms with Gasteiger partial charge in [-0.25, -0.2) is 0 Å². The summed E-state index contributed by atoms with van der Waals surface area (Å²) in [7, 11) is 0. The van der Waals surface area contributed by atoms with Crippen molar-refractivity contribution in [1.82, 2.24) is 0 Å². The zero-order valence-electron chi connectivity index (χ0n) is 7.08. The lowest BCUT2D eigenvalue weighted by atomic mass is 10.1. The van der Waals surface area contributed by atoms with Crippen molar-refractivity contribution in [2.45, 2.75) is 0 Å². The summed E-state index contributed by atoms with van der Waals surface area (Å²) in [5, 5.41) is 2.77. The van der Waals surface area contributed by atoms with Gasteiger partial charge in [0.2, 0.25) is 0 Å². The van der Waals surface area contributed by atoms with E-state index in [-0.39, 0.29) is 5.91 Å². The van der Waals surface area contributed by atoms with Crippen molar-refractivity contribution in [3.63, 3.8) is 0 Å². The molecule has 0 fully saturated rings. The van der Waals surface area contributed by atoms with E-state index >= 15 is 0 Å². The van der Waals surface area contributed by atoms with Crippen LogP contribution in [-0.4, -0.2) is 12.5 Å². The predicted molar refractivity (Wildman–Crippen MR) is 52.1 cm³/mol. The molecule has 0 radical (unpaired) electrons. The summed E-state index contributed by atoms with van der Waals surface area (Å²) in [5.74, 6) is -0.0633. The monoisotopic (exact) mass is 174 g/mol. The highest BCUT2D eigenvalue weighted by molar-refractivity contribution is 6.31. The molecule has 3 nitrogen and oxygen atoms in total. The molecule has 3 heteroatoms. The number of benzene rings is 1. The highest BCUT2D eigenvalue weighted by Gasteiger charge is 2.22. The molecule has 1 aromatic carbocycles. The average molecular weight is 174 g/mol. The first kappa shape index (κ1) is 8.01. The molecular weight excluding hydrogens is 164 g/mol. The van der Waals surface area contributed by atoms with E-state index in [1.54, 1.807) is 6.08 Å². The molecule has 1 amide bonds. The highest BCUT2D eigenvalue weighted by atomic mass is 16.1. The minimum absolute atomic E-state index is 0.0633. The molecule has 0 bridgehead atoms. The molecule has 0 saturated carbocycles. The summed E-state index contributed by atoms with van der Waals surface area (Å²) in [4.78, 5) is 11.4. The fourth-order valence-electron chi connectivity index (χ4n) is 1.46. The lowest BCUT2D eigenvalue weighted by Gasteiger charge is -1.94. The Kier molecular flexibility index (Phi) is 1.87. The smallest absolute Gasteiger partial charge is 0.256 e. The van der Waals surface area contributed by atoms with Gasteiger partial charge in [0.05, 0.1) is 0 Å². The maximum atomic E-state index is 11.4. The van der Waals surface area contributed by atoms with Crippen molar-refractivity contribution in [3.05, 3.63) is 35.9 Å². The number of fused-ring (bicyclic) bond motifs is 1. The third-order valence-corrected chi connectivity index (χ3v) is 2.03. The van der Waals surface area contributed by atoms with Crippen molar-refractivity contribution >= 4 is 17.2 Å². The van der Waals surface area contributed by atoms with Crippen molar-refractivity contribution in [2.24, 2.45) is 5.73 Å². The van der Waals surface area contributed by atoms with Gasteiger partial charge in [0.1, 0.15) is 0 Å². The molecule has 0 saturated heterocycles. The second-order valence-electron chi connectivity index (χ2n) is 2.85. The second kappa shape index (κ2) is 3.03. The highest BCUT2D eigenvalue weighted by Crippen LogP contribution is 2.30. The normalized spacial score (nSPS) is 17.3. The van der Waals surface area contributed by atoms with Crippen molar-refractivity contribution in [2.75, 3.05) is 11.9 Å². The van der Waals surface area contributed by atoms with Crippen molar-refractivity contribution in [3.8, 4) is 0 Å². The molecular formula is C10H10N2O. The van der Waals surface area contributed by atoms with Crippen molar-refractivity contribution < 1.29 is 4.79 Å². The Balaban J connectivity index is 2.53.